The van der Waals surface area contributed by atoms with E-state index < -0.39 is 0 Å². The lowest BCUT2D eigenvalue weighted by Crippen LogP contribution is -2.41. The van der Waals surface area contributed by atoms with Crippen molar-refractivity contribution >= 4 is 17.4 Å². The van der Waals surface area contributed by atoms with Gasteiger partial charge in [-0.2, -0.15) is 0 Å². The van der Waals surface area contributed by atoms with Gasteiger partial charge in [0.25, 0.3) is 5.56 Å². The maximum Gasteiger partial charge on any atom is 0.293 e. The number of nitrogens with zero attached hydrogens (tertiary/aromatic N) is 2. The summed E-state index contributed by atoms with van der Waals surface area (Å²) >= 11 is 5.97. The molecule has 0 aromatic carbocycles. The fourth-order valence-electron chi connectivity index (χ4n) is 1.48. The molecule has 0 amide bonds. The molecule has 0 bridgehead atoms. The molecule has 1 aromatic heterocycles. The number of aryl methyl sites for hydroxylation is 1. The zero-order valence-electron chi connectivity index (χ0n) is 9.96. The van der Waals surface area contributed by atoms with Gasteiger partial charge < -0.3 is 9.88 Å². The normalized spacial score (nSPS) is 11.5. The first kappa shape index (κ1) is 13.0. The quantitative estimate of drug-likeness (QED) is 0.805. The van der Waals surface area contributed by atoms with Crippen molar-refractivity contribution in [3.8, 4) is 0 Å². The first-order valence-corrected chi connectivity index (χ1v) is 5.97. The van der Waals surface area contributed by atoms with E-state index in [0.29, 0.717) is 11.7 Å². The van der Waals surface area contributed by atoms with Crippen LogP contribution >= 0.6 is 11.6 Å². The molecule has 1 N–H and O–H groups in total. The Morgan fingerprint density at radius 1 is 1.50 bits per heavy atom. The molecule has 90 valence electrons. The van der Waals surface area contributed by atoms with Crippen LogP contribution in [-0.2, 0) is 7.05 Å². The Hall–Kier alpha value is -1.03. The van der Waals surface area contributed by atoms with Gasteiger partial charge >= 0.3 is 0 Å². The summed E-state index contributed by atoms with van der Waals surface area (Å²) in [5.41, 5.74) is -0.374. The van der Waals surface area contributed by atoms with E-state index in [0.717, 1.165) is 12.8 Å². The van der Waals surface area contributed by atoms with E-state index in [1.54, 1.807) is 19.4 Å². The van der Waals surface area contributed by atoms with Crippen LogP contribution in [0.5, 0.6) is 0 Å². The van der Waals surface area contributed by atoms with Crippen LogP contribution < -0.4 is 10.9 Å². The van der Waals surface area contributed by atoms with Crippen LogP contribution in [0.1, 0.15) is 26.7 Å². The number of hydrogen-bond donors (Lipinski definition) is 1. The fraction of sp³-hybridized carbons (Fsp3) is 0.636. The molecule has 5 heteroatoms. The van der Waals surface area contributed by atoms with Crippen molar-refractivity contribution in [3.05, 3.63) is 22.7 Å². The predicted octanol–water partition coefficient (Wildman–Crippen LogP) is 1.99. The molecule has 1 rings (SSSR count). The molecule has 16 heavy (non-hydrogen) atoms. The third kappa shape index (κ3) is 2.55. The Morgan fingerprint density at radius 3 is 2.62 bits per heavy atom. The van der Waals surface area contributed by atoms with Gasteiger partial charge in [-0.25, -0.2) is 4.98 Å². The summed E-state index contributed by atoms with van der Waals surface area (Å²) in [6.45, 7) is 4.10. The average molecular weight is 244 g/mol. The predicted molar refractivity (Wildman–Crippen MR) is 67.1 cm³/mol. The van der Waals surface area contributed by atoms with E-state index in [2.05, 4.69) is 10.3 Å². The molecular formula is C11H18ClN3O. The maximum atomic E-state index is 11.8. The Balaban J connectivity index is 3.03. The first-order chi connectivity index (χ1) is 7.58. The van der Waals surface area contributed by atoms with E-state index in [9.17, 15) is 4.79 Å². The van der Waals surface area contributed by atoms with E-state index >= 15 is 0 Å². The molecule has 0 radical (unpaired) electrons. The number of halogens is 1. The van der Waals surface area contributed by atoms with Gasteiger partial charge in [0.1, 0.15) is 0 Å². The smallest absolute Gasteiger partial charge is 0.293 e. The summed E-state index contributed by atoms with van der Waals surface area (Å²) in [6, 6.07) is 0. The van der Waals surface area contributed by atoms with Crippen molar-refractivity contribution in [1.29, 1.82) is 0 Å². The van der Waals surface area contributed by atoms with Crippen molar-refractivity contribution in [2.45, 2.75) is 32.2 Å². The lowest BCUT2D eigenvalue weighted by Gasteiger charge is -2.30. The molecule has 0 atom stereocenters. The van der Waals surface area contributed by atoms with Crippen molar-refractivity contribution < 1.29 is 0 Å². The van der Waals surface area contributed by atoms with Crippen LogP contribution in [0, 0.1) is 0 Å². The molecule has 0 saturated carbocycles. The third-order valence-corrected chi connectivity index (χ3v) is 3.52. The Morgan fingerprint density at radius 2 is 2.12 bits per heavy atom. The van der Waals surface area contributed by atoms with Crippen molar-refractivity contribution in [3.63, 3.8) is 0 Å². The second-order valence-corrected chi connectivity index (χ2v) is 4.21. The van der Waals surface area contributed by atoms with Crippen LogP contribution in [0.3, 0.4) is 0 Å². The van der Waals surface area contributed by atoms with E-state index in [1.807, 2.05) is 13.8 Å². The van der Waals surface area contributed by atoms with E-state index in [-0.39, 0.29) is 11.1 Å². The molecule has 1 heterocycles. The number of hydrogen-bond acceptors (Lipinski definition) is 3. The zero-order chi connectivity index (χ0) is 12.2. The van der Waals surface area contributed by atoms with Gasteiger partial charge in [0.15, 0.2) is 5.82 Å². The number of alkyl halides is 1. The number of nitrogens with one attached hydrogen (secondary N) is 1. The van der Waals surface area contributed by atoms with Gasteiger partial charge in [0.2, 0.25) is 0 Å². The Kier molecular flexibility index (Phi) is 4.35. The number of anilines is 1. The molecule has 0 aliphatic heterocycles. The summed E-state index contributed by atoms with van der Waals surface area (Å²) in [5.74, 6) is 0.828. The first-order valence-electron chi connectivity index (χ1n) is 5.44. The monoisotopic (exact) mass is 243 g/mol. The highest BCUT2D eigenvalue weighted by Crippen LogP contribution is 2.20. The van der Waals surface area contributed by atoms with Crippen molar-refractivity contribution in [2.75, 3.05) is 11.2 Å². The van der Waals surface area contributed by atoms with Gasteiger partial charge in [-0.1, -0.05) is 13.8 Å². The molecule has 0 aliphatic carbocycles. The summed E-state index contributed by atoms with van der Waals surface area (Å²) in [6.07, 6.45) is 4.95. The van der Waals surface area contributed by atoms with Crippen LogP contribution in [0.25, 0.3) is 0 Å². The Bertz CT molecular complexity index is 390. The maximum absolute atomic E-state index is 11.8. The van der Waals surface area contributed by atoms with Gasteiger partial charge in [0, 0.05) is 25.3 Å². The SMILES string of the molecule is CCC(CC)(CCl)Nc1nccn(C)c1=O. The fourth-order valence-corrected chi connectivity index (χ4v) is 1.93. The van der Waals surface area contributed by atoms with Crippen LogP contribution in [0.15, 0.2) is 17.2 Å². The van der Waals surface area contributed by atoms with Crippen LogP contribution in [0.4, 0.5) is 5.82 Å². The van der Waals surface area contributed by atoms with Gasteiger partial charge in [-0.05, 0) is 12.8 Å². The molecule has 0 fully saturated rings. The van der Waals surface area contributed by atoms with Crippen LogP contribution in [0.2, 0.25) is 0 Å². The standard InChI is InChI=1S/C11H18ClN3O/c1-4-11(5-2,8-12)14-9-10(16)15(3)7-6-13-9/h6-7H,4-5,8H2,1-3H3,(H,13,14). The third-order valence-electron chi connectivity index (χ3n) is 3.01. The average Bonchev–Trinajstić information content (AvgIpc) is 2.32. The van der Waals surface area contributed by atoms with Crippen molar-refractivity contribution in [2.24, 2.45) is 7.05 Å². The molecular weight excluding hydrogens is 226 g/mol. The second-order valence-electron chi connectivity index (χ2n) is 3.94. The molecule has 1 aromatic rings. The minimum atomic E-state index is -0.248. The van der Waals surface area contributed by atoms with Gasteiger partial charge in [-0.15, -0.1) is 11.6 Å². The topological polar surface area (TPSA) is 46.9 Å². The number of aromatic nitrogens is 2. The minimum absolute atomic E-state index is 0.126. The highest BCUT2D eigenvalue weighted by molar-refractivity contribution is 6.18. The van der Waals surface area contributed by atoms with E-state index in [1.165, 1.54) is 4.57 Å². The molecule has 0 saturated heterocycles. The molecule has 0 unspecified atom stereocenters. The number of rotatable bonds is 5. The van der Waals surface area contributed by atoms with Gasteiger partial charge in [0.05, 0.1) is 5.54 Å². The molecule has 0 aliphatic rings. The summed E-state index contributed by atoms with van der Waals surface area (Å²) < 4.78 is 1.50. The molecule has 0 spiro atoms. The van der Waals surface area contributed by atoms with Gasteiger partial charge in [-0.3, -0.25) is 4.79 Å². The summed E-state index contributed by atoms with van der Waals surface area (Å²) in [4.78, 5) is 15.9. The summed E-state index contributed by atoms with van der Waals surface area (Å²) in [7, 11) is 1.70. The zero-order valence-corrected chi connectivity index (χ0v) is 10.7. The van der Waals surface area contributed by atoms with Crippen molar-refractivity contribution in [1.82, 2.24) is 9.55 Å². The van der Waals surface area contributed by atoms with E-state index in [4.69, 9.17) is 11.6 Å². The summed E-state index contributed by atoms with van der Waals surface area (Å²) in [5, 5.41) is 3.17. The lowest BCUT2D eigenvalue weighted by molar-refractivity contribution is 0.481. The largest absolute Gasteiger partial charge is 0.359 e. The highest BCUT2D eigenvalue weighted by Gasteiger charge is 2.26. The minimum Gasteiger partial charge on any atom is -0.359 e. The Labute approximate surface area is 101 Å². The van der Waals surface area contributed by atoms with Crippen LogP contribution in [-0.4, -0.2) is 21.0 Å². The lowest BCUT2D eigenvalue weighted by atomic mass is 9.95. The second kappa shape index (κ2) is 5.34. The highest BCUT2D eigenvalue weighted by atomic mass is 35.5. The molecule has 4 nitrogen and oxygen atoms in total.